The number of aryl methyl sites for hydroxylation is 1. The maximum absolute atomic E-state index is 6.27. The first-order valence-electron chi connectivity index (χ1n) is 6.61. The zero-order valence-electron chi connectivity index (χ0n) is 11.3. The monoisotopic (exact) mass is 298 g/mol. The smallest absolute Gasteiger partial charge is 0.0441 e. The van der Waals surface area contributed by atoms with Gasteiger partial charge in [-0.1, -0.05) is 59.6 Å². The Hall–Kier alpha value is -1.57. The highest BCUT2D eigenvalue weighted by atomic mass is 35.5. The van der Waals surface area contributed by atoms with E-state index in [1.165, 1.54) is 26.4 Å². The second-order valence-corrected chi connectivity index (χ2v) is 6.48. The quantitative estimate of drug-likeness (QED) is 0.559. The number of rotatable bonds is 3. The second-order valence-electron chi connectivity index (χ2n) is 4.90. The normalized spacial score (nSPS) is 10.7. The van der Waals surface area contributed by atoms with Crippen molar-refractivity contribution in [2.24, 2.45) is 0 Å². The average Bonchev–Trinajstić information content (AvgIpc) is 2.92. The summed E-state index contributed by atoms with van der Waals surface area (Å²) in [6.07, 6.45) is 0.901. The topological polar surface area (TPSA) is 0 Å². The summed E-state index contributed by atoms with van der Waals surface area (Å²) >= 11 is 8.11. The number of halogens is 1. The van der Waals surface area contributed by atoms with Crippen LogP contribution in [0.1, 0.15) is 16.0 Å². The fraction of sp³-hybridized carbons (Fsp3) is 0.111. The van der Waals surface area contributed by atoms with Crippen LogP contribution >= 0.6 is 22.9 Å². The molecule has 0 aliphatic rings. The van der Waals surface area contributed by atoms with Gasteiger partial charge in [-0.15, -0.1) is 11.3 Å². The predicted octanol–water partition coefficient (Wildman–Crippen LogP) is 5.97. The van der Waals surface area contributed by atoms with Crippen LogP contribution < -0.4 is 0 Å². The first kappa shape index (κ1) is 13.4. The molecule has 0 fully saturated rings. The lowest BCUT2D eigenvalue weighted by Crippen LogP contribution is -1.87. The number of hydrogen-bond donors (Lipinski definition) is 0. The molecule has 0 N–H and O–H groups in total. The molecular weight excluding hydrogens is 284 g/mol. The number of hydrogen-bond acceptors (Lipinski definition) is 1. The van der Waals surface area contributed by atoms with E-state index < -0.39 is 0 Å². The molecule has 2 aromatic carbocycles. The van der Waals surface area contributed by atoms with Crippen molar-refractivity contribution in [2.45, 2.75) is 13.3 Å². The van der Waals surface area contributed by atoms with E-state index in [2.05, 4.69) is 55.5 Å². The summed E-state index contributed by atoms with van der Waals surface area (Å²) in [5, 5.41) is 0.852. The number of benzene rings is 2. The summed E-state index contributed by atoms with van der Waals surface area (Å²) in [5.74, 6) is 0. The van der Waals surface area contributed by atoms with Crippen LogP contribution in [-0.4, -0.2) is 0 Å². The van der Waals surface area contributed by atoms with Gasteiger partial charge in [0.05, 0.1) is 0 Å². The second kappa shape index (κ2) is 5.82. The van der Waals surface area contributed by atoms with Crippen molar-refractivity contribution in [1.82, 2.24) is 0 Å². The SMILES string of the molecule is Cc1ccc(Cl)c(Cc2ccc(-c3ccccc3)s2)c1. The van der Waals surface area contributed by atoms with Gasteiger partial charge in [-0.2, -0.15) is 0 Å². The molecular formula is C18H15ClS. The first-order valence-corrected chi connectivity index (χ1v) is 7.81. The largest absolute Gasteiger partial charge is 0.140 e. The molecule has 0 atom stereocenters. The molecule has 2 heteroatoms. The van der Waals surface area contributed by atoms with Crippen LogP contribution in [0.2, 0.25) is 5.02 Å². The van der Waals surface area contributed by atoms with E-state index in [1.807, 2.05) is 23.5 Å². The fourth-order valence-corrected chi connectivity index (χ4v) is 3.48. The molecule has 0 saturated heterocycles. The lowest BCUT2D eigenvalue weighted by Gasteiger charge is -2.04. The summed E-state index contributed by atoms with van der Waals surface area (Å²) in [6.45, 7) is 2.10. The van der Waals surface area contributed by atoms with Crippen LogP contribution in [0.3, 0.4) is 0 Å². The summed E-state index contributed by atoms with van der Waals surface area (Å²) in [6, 6.07) is 21.1. The van der Waals surface area contributed by atoms with Gasteiger partial charge in [-0.05, 0) is 36.2 Å². The van der Waals surface area contributed by atoms with Gasteiger partial charge in [-0.3, -0.25) is 0 Å². The van der Waals surface area contributed by atoms with Gasteiger partial charge < -0.3 is 0 Å². The third-order valence-electron chi connectivity index (χ3n) is 3.29. The highest BCUT2D eigenvalue weighted by Crippen LogP contribution is 2.30. The molecule has 0 amide bonds. The zero-order chi connectivity index (χ0) is 13.9. The van der Waals surface area contributed by atoms with Crippen molar-refractivity contribution < 1.29 is 0 Å². The van der Waals surface area contributed by atoms with Gasteiger partial charge in [0.25, 0.3) is 0 Å². The Morgan fingerprint density at radius 3 is 2.55 bits per heavy atom. The molecule has 0 radical (unpaired) electrons. The van der Waals surface area contributed by atoms with Crippen LogP contribution in [0.5, 0.6) is 0 Å². The zero-order valence-corrected chi connectivity index (χ0v) is 12.8. The van der Waals surface area contributed by atoms with E-state index >= 15 is 0 Å². The Balaban J connectivity index is 1.86. The maximum Gasteiger partial charge on any atom is 0.0441 e. The average molecular weight is 299 g/mol. The molecule has 0 nitrogen and oxygen atoms in total. The fourth-order valence-electron chi connectivity index (χ4n) is 2.26. The molecule has 1 aromatic heterocycles. The number of thiophene rings is 1. The van der Waals surface area contributed by atoms with Crippen LogP contribution in [0, 0.1) is 6.92 Å². The predicted molar refractivity (Wildman–Crippen MR) is 88.8 cm³/mol. The van der Waals surface area contributed by atoms with Gasteiger partial charge in [0, 0.05) is 21.2 Å². The van der Waals surface area contributed by atoms with Crippen LogP contribution in [0.15, 0.2) is 60.7 Å². The minimum atomic E-state index is 0.852. The van der Waals surface area contributed by atoms with Crippen LogP contribution in [0.25, 0.3) is 10.4 Å². The lowest BCUT2D eigenvalue weighted by molar-refractivity contribution is 1.22. The Kier molecular flexibility index (Phi) is 3.90. The van der Waals surface area contributed by atoms with Crippen LogP contribution in [-0.2, 0) is 6.42 Å². The molecule has 1 heterocycles. The molecule has 0 unspecified atom stereocenters. The van der Waals surface area contributed by atoms with Gasteiger partial charge in [0.1, 0.15) is 0 Å². The van der Waals surface area contributed by atoms with Gasteiger partial charge in [0.2, 0.25) is 0 Å². The summed E-state index contributed by atoms with van der Waals surface area (Å²) in [4.78, 5) is 2.65. The van der Waals surface area contributed by atoms with E-state index in [4.69, 9.17) is 11.6 Å². The van der Waals surface area contributed by atoms with Crippen molar-refractivity contribution in [3.05, 3.63) is 81.7 Å². The maximum atomic E-state index is 6.27. The first-order chi connectivity index (χ1) is 9.72. The lowest BCUT2D eigenvalue weighted by atomic mass is 10.1. The van der Waals surface area contributed by atoms with Gasteiger partial charge in [-0.25, -0.2) is 0 Å². The highest BCUT2D eigenvalue weighted by Gasteiger charge is 2.06. The van der Waals surface area contributed by atoms with Crippen molar-refractivity contribution in [1.29, 1.82) is 0 Å². The molecule has 20 heavy (non-hydrogen) atoms. The van der Waals surface area contributed by atoms with E-state index in [1.54, 1.807) is 0 Å². The third-order valence-corrected chi connectivity index (χ3v) is 4.79. The molecule has 3 rings (SSSR count). The molecule has 0 spiro atoms. The van der Waals surface area contributed by atoms with Crippen molar-refractivity contribution in [2.75, 3.05) is 0 Å². The van der Waals surface area contributed by atoms with Crippen LogP contribution in [0.4, 0.5) is 0 Å². The molecule has 0 saturated carbocycles. The van der Waals surface area contributed by atoms with Gasteiger partial charge >= 0.3 is 0 Å². The summed E-state index contributed by atoms with van der Waals surface area (Å²) in [5.41, 5.74) is 3.73. The van der Waals surface area contributed by atoms with Crippen molar-refractivity contribution >= 4 is 22.9 Å². The Bertz CT molecular complexity index is 713. The standard InChI is InChI=1S/C18H15ClS/c1-13-7-9-17(19)15(11-13)12-16-8-10-18(20-16)14-5-3-2-4-6-14/h2-11H,12H2,1H3. The minimum Gasteiger partial charge on any atom is -0.140 e. The van der Waals surface area contributed by atoms with Gasteiger partial charge in [0.15, 0.2) is 0 Å². The van der Waals surface area contributed by atoms with E-state index in [9.17, 15) is 0 Å². The molecule has 0 aliphatic carbocycles. The van der Waals surface area contributed by atoms with Crippen molar-refractivity contribution in [3.8, 4) is 10.4 Å². The van der Waals surface area contributed by atoms with E-state index in [-0.39, 0.29) is 0 Å². The van der Waals surface area contributed by atoms with E-state index in [0.29, 0.717) is 0 Å². The summed E-state index contributed by atoms with van der Waals surface area (Å²) in [7, 11) is 0. The molecule has 100 valence electrons. The Morgan fingerprint density at radius 2 is 1.75 bits per heavy atom. The third kappa shape index (κ3) is 2.95. The summed E-state index contributed by atoms with van der Waals surface area (Å²) < 4.78 is 0. The van der Waals surface area contributed by atoms with Crippen molar-refractivity contribution in [3.63, 3.8) is 0 Å². The Labute approximate surface area is 128 Å². The molecule has 0 aliphatic heterocycles. The Morgan fingerprint density at radius 1 is 0.950 bits per heavy atom. The van der Waals surface area contributed by atoms with E-state index in [0.717, 1.165) is 11.4 Å². The highest BCUT2D eigenvalue weighted by molar-refractivity contribution is 7.15. The molecule has 3 aromatic rings. The molecule has 0 bridgehead atoms. The minimum absolute atomic E-state index is 0.852.